The zero-order valence-electron chi connectivity index (χ0n) is 15.6. The minimum absolute atomic E-state index is 0.0579. The van der Waals surface area contributed by atoms with Gasteiger partial charge in [-0.05, 0) is 57.2 Å². The van der Waals surface area contributed by atoms with Crippen molar-refractivity contribution in [3.05, 3.63) is 34.9 Å². The Balaban J connectivity index is 1.78. The third-order valence-corrected chi connectivity index (χ3v) is 5.78. The van der Waals surface area contributed by atoms with Crippen LogP contribution in [0.3, 0.4) is 0 Å². The van der Waals surface area contributed by atoms with Gasteiger partial charge in [-0.25, -0.2) is 17.9 Å². The molecule has 0 saturated carbocycles. The number of urea groups is 1. The largest absolute Gasteiger partial charge is 0.333 e. The predicted molar refractivity (Wildman–Crippen MR) is 105 cm³/mol. The van der Waals surface area contributed by atoms with E-state index in [0.29, 0.717) is 30.2 Å². The average molecular weight is 402 g/mol. The summed E-state index contributed by atoms with van der Waals surface area (Å²) < 4.78 is 27.2. The van der Waals surface area contributed by atoms with Gasteiger partial charge in [0.2, 0.25) is 10.0 Å². The van der Waals surface area contributed by atoms with Crippen LogP contribution >= 0.6 is 11.6 Å². The number of halogens is 1. The molecule has 2 N–H and O–H groups in total. The number of carbonyl (C=O) groups excluding carboxylic acids is 1. The van der Waals surface area contributed by atoms with Crippen molar-refractivity contribution in [3.63, 3.8) is 0 Å². The molecule has 146 valence electrons. The number of nitrogens with zero attached hydrogens (tertiary/aromatic N) is 1. The molecule has 1 aliphatic heterocycles. The van der Waals surface area contributed by atoms with Gasteiger partial charge in [0.15, 0.2) is 0 Å². The Bertz CT molecular complexity index is 723. The van der Waals surface area contributed by atoms with Gasteiger partial charge in [0.05, 0.1) is 5.75 Å². The topological polar surface area (TPSA) is 78.5 Å². The minimum atomic E-state index is -3.41. The van der Waals surface area contributed by atoms with Crippen LogP contribution in [0.2, 0.25) is 5.02 Å². The number of amides is 2. The summed E-state index contributed by atoms with van der Waals surface area (Å²) in [5, 5.41) is 3.48. The first-order chi connectivity index (χ1) is 12.0. The highest BCUT2D eigenvalue weighted by Gasteiger charge is 2.26. The van der Waals surface area contributed by atoms with E-state index < -0.39 is 10.0 Å². The van der Waals surface area contributed by atoms with E-state index in [-0.39, 0.29) is 23.2 Å². The lowest BCUT2D eigenvalue weighted by molar-refractivity contribution is 0.163. The molecule has 26 heavy (non-hydrogen) atoms. The number of sulfonamides is 1. The number of nitrogens with one attached hydrogen (secondary N) is 2. The second-order valence-corrected chi connectivity index (χ2v) is 10.1. The normalized spacial score (nSPS) is 16.5. The van der Waals surface area contributed by atoms with Crippen LogP contribution in [0.15, 0.2) is 24.3 Å². The second-order valence-electron chi connectivity index (χ2n) is 7.85. The van der Waals surface area contributed by atoms with E-state index >= 15 is 0 Å². The molecular formula is C18H28ClN3O3S. The number of benzene rings is 1. The third-order valence-electron chi connectivity index (χ3n) is 4.22. The third kappa shape index (κ3) is 7.13. The molecule has 2 amide bonds. The Kier molecular flexibility index (Phi) is 6.93. The Labute approximate surface area is 161 Å². The predicted octanol–water partition coefficient (Wildman–Crippen LogP) is 2.98. The minimum Gasteiger partial charge on any atom is -0.333 e. The van der Waals surface area contributed by atoms with Crippen molar-refractivity contribution < 1.29 is 13.2 Å². The number of likely N-dealkylation sites (tertiary alicyclic amines) is 1. The lowest BCUT2D eigenvalue weighted by Crippen LogP contribution is -2.51. The Morgan fingerprint density at radius 3 is 2.50 bits per heavy atom. The Hall–Kier alpha value is -1.31. The van der Waals surface area contributed by atoms with Crippen LogP contribution < -0.4 is 10.0 Å². The molecule has 0 aliphatic carbocycles. The van der Waals surface area contributed by atoms with Gasteiger partial charge in [-0.1, -0.05) is 23.7 Å². The van der Waals surface area contributed by atoms with Crippen molar-refractivity contribution in [2.24, 2.45) is 5.92 Å². The molecule has 8 heteroatoms. The highest BCUT2D eigenvalue weighted by atomic mass is 35.5. The molecule has 1 saturated heterocycles. The van der Waals surface area contributed by atoms with Crippen LogP contribution in [0.5, 0.6) is 0 Å². The zero-order valence-corrected chi connectivity index (χ0v) is 17.2. The molecule has 1 aromatic carbocycles. The van der Waals surface area contributed by atoms with E-state index in [2.05, 4.69) is 10.0 Å². The van der Waals surface area contributed by atoms with Crippen LogP contribution in [0, 0.1) is 5.92 Å². The van der Waals surface area contributed by atoms with Crippen LogP contribution in [0.25, 0.3) is 0 Å². The first-order valence-electron chi connectivity index (χ1n) is 8.83. The van der Waals surface area contributed by atoms with Gasteiger partial charge in [0, 0.05) is 30.2 Å². The van der Waals surface area contributed by atoms with Gasteiger partial charge in [-0.3, -0.25) is 0 Å². The quantitative estimate of drug-likeness (QED) is 0.796. The molecule has 0 atom stereocenters. The number of hydrogen-bond acceptors (Lipinski definition) is 3. The molecule has 1 fully saturated rings. The molecule has 1 heterocycles. The summed E-state index contributed by atoms with van der Waals surface area (Å²) >= 11 is 5.90. The van der Waals surface area contributed by atoms with Crippen LogP contribution in [0.4, 0.5) is 4.79 Å². The van der Waals surface area contributed by atoms with Gasteiger partial charge >= 0.3 is 6.03 Å². The molecule has 0 bridgehead atoms. The molecular weight excluding hydrogens is 374 g/mol. The van der Waals surface area contributed by atoms with Gasteiger partial charge in [-0.2, -0.15) is 0 Å². The first kappa shape index (κ1) is 21.0. The smallest absolute Gasteiger partial charge is 0.317 e. The fourth-order valence-electron chi connectivity index (χ4n) is 2.88. The highest BCUT2D eigenvalue weighted by molar-refractivity contribution is 7.88. The van der Waals surface area contributed by atoms with Crippen LogP contribution in [-0.2, 0) is 15.8 Å². The van der Waals surface area contributed by atoms with E-state index in [9.17, 15) is 13.2 Å². The molecule has 0 spiro atoms. The summed E-state index contributed by atoms with van der Waals surface area (Å²) in [4.78, 5) is 14.0. The fourth-order valence-corrected chi connectivity index (χ4v) is 4.31. The number of piperidine rings is 1. The van der Waals surface area contributed by atoms with Crippen molar-refractivity contribution >= 4 is 27.7 Å². The zero-order chi connectivity index (χ0) is 19.4. The molecule has 0 aromatic heterocycles. The first-order valence-corrected chi connectivity index (χ1v) is 10.9. The summed E-state index contributed by atoms with van der Waals surface area (Å²) in [5.41, 5.74) is 0.405. The van der Waals surface area contributed by atoms with Gasteiger partial charge in [-0.15, -0.1) is 0 Å². The van der Waals surface area contributed by atoms with E-state index in [1.807, 2.05) is 20.8 Å². The van der Waals surface area contributed by atoms with E-state index in [1.165, 1.54) is 0 Å². The highest BCUT2D eigenvalue weighted by Crippen LogP contribution is 2.18. The Morgan fingerprint density at radius 2 is 1.92 bits per heavy atom. The number of hydrogen-bond donors (Lipinski definition) is 2. The molecule has 2 rings (SSSR count). The molecule has 1 aliphatic rings. The summed E-state index contributed by atoms with van der Waals surface area (Å²) in [6.07, 6.45) is 1.58. The van der Waals surface area contributed by atoms with Crippen LogP contribution in [-0.4, -0.2) is 44.5 Å². The summed E-state index contributed by atoms with van der Waals surface area (Å²) in [5.74, 6) is 0.156. The van der Waals surface area contributed by atoms with Crippen LogP contribution in [0.1, 0.15) is 39.2 Å². The van der Waals surface area contributed by atoms with E-state index in [0.717, 1.165) is 12.8 Å². The van der Waals surface area contributed by atoms with E-state index in [4.69, 9.17) is 11.6 Å². The van der Waals surface area contributed by atoms with Gasteiger partial charge in [0.25, 0.3) is 0 Å². The SMILES string of the molecule is CC(C)(C)NC(=O)N1CCC(CNS(=O)(=O)Cc2cccc(Cl)c2)CC1. The van der Waals surface area contributed by atoms with E-state index in [1.54, 1.807) is 29.2 Å². The van der Waals surface area contributed by atoms with Crippen molar-refractivity contribution in [1.82, 2.24) is 14.9 Å². The molecule has 6 nitrogen and oxygen atoms in total. The summed E-state index contributed by atoms with van der Waals surface area (Å²) in [6, 6.07) is 6.81. The van der Waals surface area contributed by atoms with Crippen molar-refractivity contribution in [3.8, 4) is 0 Å². The number of rotatable bonds is 5. The van der Waals surface area contributed by atoms with Gasteiger partial charge < -0.3 is 10.2 Å². The summed E-state index contributed by atoms with van der Waals surface area (Å²) in [7, 11) is -3.41. The van der Waals surface area contributed by atoms with Crippen molar-refractivity contribution in [1.29, 1.82) is 0 Å². The van der Waals surface area contributed by atoms with Crippen molar-refractivity contribution in [2.45, 2.75) is 44.9 Å². The van der Waals surface area contributed by atoms with Crippen molar-refractivity contribution in [2.75, 3.05) is 19.6 Å². The van der Waals surface area contributed by atoms with Gasteiger partial charge in [0.1, 0.15) is 0 Å². The second kappa shape index (κ2) is 8.59. The average Bonchev–Trinajstić information content (AvgIpc) is 2.51. The fraction of sp³-hybridized carbons (Fsp3) is 0.611. The molecule has 0 radical (unpaired) electrons. The number of carbonyl (C=O) groups is 1. The lowest BCUT2D eigenvalue weighted by atomic mass is 9.97. The standard InChI is InChI=1S/C18H28ClN3O3S/c1-18(2,3)21-17(23)22-9-7-14(8-10-22)12-20-26(24,25)13-15-5-4-6-16(19)11-15/h4-6,11,14,20H,7-10,12-13H2,1-3H3,(H,21,23). The Morgan fingerprint density at radius 1 is 1.27 bits per heavy atom. The summed E-state index contributed by atoms with van der Waals surface area (Å²) in [6.45, 7) is 7.54. The monoisotopic (exact) mass is 401 g/mol. The molecule has 0 unspecified atom stereocenters. The lowest BCUT2D eigenvalue weighted by Gasteiger charge is -2.34. The maximum atomic E-state index is 12.3. The maximum absolute atomic E-state index is 12.3. The molecule has 1 aromatic rings. The maximum Gasteiger partial charge on any atom is 0.317 e.